The van der Waals surface area contributed by atoms with Gasteiger partial charge in [-0.25, -0.2) is 9.37 Å². The second-order valence-electron chi connectivity index (χ2n) is 2.90. The van der Waals surface area contributed by atoms with Gasteiger partial charge < -0.3 is 4.40 Å². The molecule has 0 fully saturated rings. The summed E-state index contributed by atoms with van der Waals surface area (Å²) < 4.78 is 15.5. The Bertz CT molecular complexity index is 553. The number of aryl methyl sites for hydroxylation is 1. The van der Waals surface area contributed by atoms with Crippen LogP contribution in [0, 0.1) is 27.6 Å². The molecule has 0 aromatic carbocycles. The molecule has 0 aliphatic carbocycles. The summed E-state index contributed by atoms with van der Waals surface area (Å²) in [4.78, 5) is 4.02. The molecule has 70 valence electrons. The number of nitrogens with zero attached hydrogens (tertiary/aromatic N) is 3. The minimum atomic E-state index is -0.433. The van der Waals surface area contributed by atoms with Gasteiger partial charge in [0.05, 0.1) is 14.8 Å². The van der Waals surface area contributed by atoms with E-state index in [9.17, 15) is 4.39 Å². The fourth-order valence-electron chi connectivity index (χ4n) is 1.27. The molecule has 0 radical (unpaired) electrons. The number of fused-ring (bicyclic) bond motifs is 1. The van der Waals surface area contributed by atoms with Crippen LogP contribution in [0.3, 0.4) is 0 Å². The van der Waals surface area contributed by atoms with Crippen molar-refractivity contribution in [1.29, 1.82) is 5.26 Å². The largest absolute Gasteiger partial charge is 0.303 e. The standard InChI is InChI=1S/C9H5FIN3/c1-5-3-14-4-6(2-12)8(11)7(10)9(14)13-5/h3-4H,1H3. The number of aromatic nitrogens is 2. The summed E-state index contributed by atoms with van der Waals surface area (Å²) >= 11 is 1.81. The summed E-state index contributed by atoms with van der Waals surface area (Å²) in [6, 6.07) is 1.94. The summed E-state index contributed by atoms with van der Waals surface area (Å²) in [6.07, 6.45) is 3.27. The highest BCUT2D eigenvalue weighted by molar-refractivity contribution is 14.1. The first kappa shape index (κ1) is 9.40. The van der Waals surface area contributed by atoms with Crippen molar-refractivity contribution < 1.29 is 4.39 Å². The minimum absolute atomic E-state index is 0.269. The lowest BCUT2D eigenvalue weighted by molar-refractivity contribution is 0.621. The third-order valence-electron chi connectivity index (χ3n) is 1.87. The van der Waals surface area contributed by atoms with Crippen molar-refractivity contribution in [3.63, 3.8) is 0 Å². The fourth-order valence-corrected chi connectivity index (χ4v) is 1.77. The minimum Gasteiger partial charge on any atom is -0.303 e. The summed E-state index contributed by atoms with van der Waals surface area (Å²) in [5.41, 5.74) is 1.33. The molecule has 0 unspecified atom stereocenters. The smallest absolute Gasteiger partial charge is 0.180 e. The van der Waals surface area contributed by atoms with Crippen LogP contribution in [0.15, 0.2) is 12.4 Å². The molecule has 0 saturated heterocycles. The lowest BCUT2D eigenvalue weighted by atomic mass is 10.3. The van der Waals surface area contributed by atoms with Gasteiger partial charge in [0, 0.05) is 12.4 Å². The Balaban J connectivity index is 2.92. The number of rotatable bonds is 0. The van der Waals surface area contributed by atoms with E-state index in [1.165, 1.54) is 4.40 Å². The van der Waals surface area contributed by atoms with Crippen LogP contribution >= 0.6 is 22.6 Å². The Kier molecular flexibility index (Phi) is 2.15. The molecule has 0 bridgehead atoms. The molecular formula is C9H5FIN3. The molecule has 0 aliphatic heterocycles. The zero-order valence-corrected chi connectivity index (χ0v) is 9.41. The summed E-state index contributed by atoms with van der Waals surface area (Å²) in [7, 11) is 0. The zero-order valence-electron chi connectivity index (χ0n) is 7.25. The van der Waals surface area contributed by atoms with Crippen LogP contribution in [0.5, 0.6) is 0 Å². The van der Waals surface area contributed by atoms with Gasteiger partial charge in [-0.2, -0.15) is 5.26 Å². The Morgan fingerprint density at radius 1 is 1.57 bits per heavy atom. The quantitative estimate of drug-likeness (QED) is 0.700. The van der Waals surface area contributed by atoms with Gasteiger partial charge >= 0.3 is 0 Å². The monoisotopic (exact) mass is 301 g/mol. The van der Waals surface area contributed by atoms with Crippen molar-refractivity contribution >= 4 is 28.2 Å². The first-order valence-corrected chi connectivity index (χ1v) is 4.94. The molecular weight excluding hydrogens is 296 g/mol. The number of nitriles is 1. The third kappa shape index (κ3) is 1.26. The van der Waals surface area contributed by atoms with Crippen molar-refractivity contribution in [1.82, 2.24) is 9.38 Å². The van der Waals surface area contributed by atoms with Gasteiger partial charge in [-0.15, -0.1) is 0 Å². The van der Waals surface area contributed by atoms with E-state index in [0.29, 0.717) is 9.13 Å². The Morgan fingerprint density at radius 2 is 2.29 bits per heavy atom. The van der Waals surface area contributed by atoms with Gasteiger partial charge in [0.25, 0.3) is 0 Å². The van der Waals surface area contributed by atoms with Crippen LogP contribution in [0.2, 0.25) is 0 Å². The van der Waals surface area contributed by atoms with Crippen LogP contribution in [-0.4, -0.2) is 9.38 Å². The molecule has 0 spiro atoms. The highest BCUT2D eigenvalue weighted by atomic mass is 127. The van der Waals surface area contributed by atoms with Gasteiger partial charge in [0.1, 0.15) is 6.07 Å². The SMILES string of the molecule is Cc1cn2cc(C#N)c(I)c(F)c2n1. The van der Waals surface area contributed by atoms with E-state index in [4.69, 9.17) is 5.26 Å². The molecule has 5 heteroatoms. The number of hydrogen-bond donors (Lipinski definition) is 0. The van der Waals surface area contributed by atoms with Crippen molar-refractivity contribution in [3.8, 4) is 6.07 Å². The molecule has 0 saturated carbocycles. The summed E-state index contributed by atoms with van der Waals surface area (Å²) in [5.74, 6) is -0.433. The van der Waals surface area contributed by atoms with E-state index in [-0.39, 0.29) is 5.65 Å². The van der Waals surface area contributed by atoms with Crippen LogP contribution < -0.4 is 0 Å². The molecule has 0 aliphatic rings. The molecule has 14 heavy (non-hydrogen) atoms. The van der Waals surface area contributed by atoms with E-state index >= 15 is 0 Å². The number of imidazole rings is 1. The van der Waals surface area contributed by atoms with Crippen molar-refractivity contribution in [2.24, 2.45) is 0 Å². The summed E-state index contributed by atoms with van der Waals surface area (Å²) in [6.45, 7) is 1.78. The number of halogens is 2. The first-order valence-electron chi connectivity index (χ1n) is 3.87. The third-order valence-corrected chi connectivity index (χ3v) is 2.92. The van der Waals surface area contributed by atoms with Crippen LogP contribution in [0.25, 0.3) is 5.65 Å². The lowest BCUT2D eigenvalue weighted by Crippen LogP contribution is -1.95. The van der Waals surface area contributed by atoms with Gasteiger partial charge in [0.2, 0.25) is 0 Å². The number of pyridine rings is 1. The average molecular weight is 301 g/mol. The maximum atomic E-state index is 13.6. The van der Waals surface area contributed by atoms with Gasteiger partial charge in [-0.1, -0.05) is 0 Å². The van der Waals surface area contributed by atoms with E-state index in [0.717, 1.165) is 5.69 Å². The van der Waals surface area contributed by atoms with Crippen LogP contribution in [0.1, 0.15) is 11.3 Å². The Morgan fingerprint density at radius 3 is 2.93 bits per heavy atom. The van der Waals surface area contributed by atoms with E-state index in [1.807, 2.05) is 28.7 Å². The van der Waals surface area contributed by atoms with E-state index < -0.39 is 5.82 Å². The summed E-state index contributed by atoms with van der Waals surface area (Å²) in [5, 5.41) is 8.75. The Hall–Kier alpha value is -1.16. The van der Waals surface area contributed by atoms with Crippen LogP contribution in [0.4, 0.5) is 4.39 Å². The molecule has 2 rings (SSSR count). The maximum Gasteiger partial charge on any atom is 0.180 e. The first-order chi connectivity index (χ1) is 6.63. The molecule has 0 amide bonds. The highest BCUT2D eigenvalue weighted by Crippen LogP contribution is 2.19. The maximum absolute atomic E-state index is 13.6. The van der Waals surface area contributed by atoms with Gasteiger partial charge in [-0.3, -0.25) is 0 Å². The van der Waals surface area contributed by atoms with Crippen molar-refractivity contribution in [2.45, 2.75) is 6.92 Å². The number of hydrogen-bond acceptors (Lipinski definition) is 2. The van der Waals surface area contributed by atoms with Gasteiger partial charge in [0.15, 0.2) is 11.5 Å². The van der Waals surface area contributed by atoms with E-state index in [1.54, 1.807) is 19.3 Å². The van der Waals surface area contributed by atoms with Crippen molar-refractivity contribution in [2.75, 3.05) is 0 Å². The second-order valence-corrected chi connectivity index (χ2v) is 3.97. The normalized spacial score (nSPS) is 10.4. The molecule has 0 N–H and O–H groups in total. The molecule has 0 atom stereocenters. The van der Waals surface area contributed by atoms with Crippen molar-refractivity contribution in [3.05, 3.63) is 33.0 Å². The highest BCUT2D eigenvalue weighted by Gasteiger charge is 2.12. The second kappa shape index (κ2) is 3.20. The lowest BCUT2D eigenvalue weighted by Gasteiger charge is -1.99. The molecule has 2 heterocycles. The van der Waals surface area contributed by atoms with Gasteiger partial charge in [-0.05, 0) is 29.5 Å². The molecule has 2 aromatic rings. The molecule has 2 aromatic heterocycles. The fraction of sp³-hybridized carbons (Fsp3) is 0.111. The average Bonchev–Trinajstić information content (AvgIpc) is 2.52. The predicted octanol–water partition coefficient (Wildman–Crippen LogP) is 2.26. The molecule has 3 nitrogen and oxygen atoms in total. The van der Waals surface area contributed by atoms with E-state index in [2.05, 4.69) is 4.98 Å². The van der Waals surface area contributed by atoms with Crippen LogP contribution in [-0.2, 0) is 0 Å². The predicted molar refractivity (Wildman–Crippen MR) is 57.3 cm³/mol. The zero-order chi connectivity index (χ0) is 10.3. The Labute approximate surface area is 93.3 Å². The topological polar surface area (TPSA) is 41.1 Å².